The second-order valence-corrected chi connectivity index (χ2v) is 10.9. The van der Waals surface area contributed by atoms with Crippen LogP contribution in [0.3, 0.4) is 0 Å². The first kappa shape index (κ1) is 29.2. The molecule has 6 rings (SSSR count). The number of anilines is 2. The van der Waals surface area contributed by atoms with Gasteiger partial charge in [-0.25, -0.2) is 4.98 Å². The first-order valence-corrected chi connectivity index (χ1v) is 14.2. The predicted octanol–water partition coefficient (Wildman–Crippen LogP) is 6.79. The van der Waals surface area contributed by atoms with Crippen molar-refractivity contribution in [3.8, 4) is 11.6 Å². The molecule has 8 nitrogen and oxygen atoms in total. The van der Waals surface area contributed by atoms with Crippen molar-refractivity contribution < 1.29 is 22.7 Å². The molecule has 11 heteroatoms. The lowest BCUT2D eigenvalue weighted by Gasteiger charge is -2.34. The van der Waals surface area contributed by atoms with Crippen molar-refractivity contribution in [2.45, 2.75) is 19.6 Å². The summed E-state index contributed by atoms with van der Waals surface area (Å²) in [7, 11) is 1.89. The molecule has 1 aliphatic rings. The molecule has 5 aromatic rings. The molecule has 3 aromatic heterocycles. The molecule has 44 heavy (non-hydrogen) atoms. The van der Waals surface area contributed by atoms with Crippen LogP contribution in [0.1, 0.15) is 27.2 Å². The number of pyridine rings is 2. The average Bonchev–Trinajstić information content (AvgIpc) is 3.34. The van der Waals surface area contributed by atoms with Crippen molar-refractivity contribution in [1.82, 2.24) is 24.3 Å². The van der Waals surface area contributed by atoms with Crippen molar-refractivity contribution >= 4 is 28.2 Å². The van der Waals surface area contributed by atoms with Gasteiger partial charge in [0.25, 0.3) is 5.91 Å². The van der Waals surface area contributed by atoms with Crippen molar-refractivity contribution in [2.75, 3.05) is 31.5 Å². The molecule has 226 valence electrons. The summed E-state index contributed by atoms with van der Waals surface area (Å²) in [5, 5.41) is 3.97. The Balaban J connectivity index is 1.09. The number of piperazine rings is 1. The number of rotatable bonds is 7. The Labute approximate surface area is 252 Å². The van der Waals surface area contributed by atoms with E-state index in [4.69, 9.17) is 4.74 Å². The molecule has 0 atom stereocenters. The van der Waals surface area contributed by atoms with Crippen molar-refractivity contribution in [3.05, 3.63) is 108 Å². The van der Waals surface area contributed by atoms with E-state index >= 15 is 0 Å². The molecule has 0 radical (unpaired) electrons. The quantitative estimate of drug-likeness (QED) is 0.222. The smallest absolute Gasteiger partial charge is 0.416 e. The zero-order valence-electron chi connectivity index (χ0n) is 24.3. The van der Waals surface area contributed by atoms with Gasteiger partial charge in [0.05, 0.1) is 17.4 Å². The summed E-state index contributed by atoms with van der Waals surface area (Å²) in [4.78, 5) is 26.1. The van der Waals surface area contributed by atoms with E-state index in [1.807, 2.05) is 52.9 Å². The zero-order chi connectivity index (χ0) is 30.8. The van der Waals surface area contributed by atoms with Gasteiger partial charge in [-0.1, -0.05) is 0 Å². The Morgan fingerprint density at radius 1 is 0.955 bits per heavy atom. The highest BCUT2D eigenvalue weighted by molar-refractivity contribution is 5.99. The number of hydrogen-bond donors (Lipinski definition) is 1. The van der Waals surface area contributed by atoms with E-state index < -0.39 is 11.7 Å². The van der Waals surface area contributed by atoms with Crippen LogP contribution in [0.15, 0.2) is 85.3 Å². The van der Waals surface area contributed by atoms with E-state index in [2.05, 4.69) is 20.2 Å². The molecular weight excluding hydrogens is 569 g/mol. The van der Waals surface area contributed by atoms with Gasteiger partial charge in [0.1, 0.15) is 11.4 Å². The second-order valence-electron chi connectivity index (χ2n) is 10.9. The number of halogens is 3. The Morgan fingerprint density at radius 2 is 1.73 bits per heavy atom. The van der Waals surface area contributed by atoms with Gasteiger partial charge in [-0.2, -0.15) is 13.2 Å². The summed E-state index contributed by atoms with van der Waals surface area (Å²) in [5.74, 6) is 0.928. The van der Waals surface area contributed by atoms with Crippen molar-refractivity contribution in [1.29, 1.82) is 0 Å². The number of nitrogens with zero attached hydrogens (tertiary/aromatic N) is 5. The van der Waals surface area contributed by atoms with Crippen molar-refractivity contribution in [2.24, 2.45) is 7.05 Å². The van der Waals surface area contributed by atoms with E-state index in [9.17, 15) is 18.0 Å². The predicted molar refractivity (Wildman–Crippen MR) is 162 cm³/mol. The fourth-order valence-corrected chi connectivity index (χ4v) is 5.38. The number of aromatic nitrogens is 3. The van der Waals surface area contributed by atoms with Crippen LogP contribution in [0.2, 0.25) is 0 Å². The number of benzene rings is 2. The molecule has 1 amide bonds. The highest BCUT2D eigenvalue weighted by Crippen LogP contribution is 2.33. The first-order chi connectivity index (χ1) is 21.1. The largest absolute Gasteiger partial charge is 0.439 e. The molecule has 1 aliphatic heterocycles. The third kappa shape index (κ3) is 6.37. The zero-order valence-corrected chi connectivity index (χ0v) is 24.3. The van der Waals surface area contributed by atoms with Gasteiger partial charge in [0, 0.05) is 74.8 Å². The third-order valence-electron chi connectivity index (χ3n) is 7.84. The van der Waals surface area contributed by atoms with E-state index in [0.717, 1.165) is 42.7 Å². The monoisotopic (exact) mass is 600 g/mol. The fraction of sp³-hybridized carbons (Fsp3) is 0.242. The van der Waals surface area contributed by atoms with Gasteiger partial charge in [-0.15, -0.1) is 0 Å². The van der Waals surface area contributed by atoms with Gasteiger partial charge in [-0.3, -0.25) is 14.7 Å². The van der Waals surface area contributed by atoms with Crippen LogP contribution >= 0.6 is 0 Å². The molecule has 2 aromatic carbocycles. The lowest BCUT2D eigenvalue weighted by molar-refractivity contribution is -0.137. The molecular formula is C33H31F3N6O2. The maximum atomic E-state index is 13.5. The van der Waals surface area contributed by atoms with Crippen LogP contribution in [0.5, 0.6) is 11.6 Å². The summed E-state index contributed by atoms with van der Waals surface area (Å²) >= 11 is 0. The summed E-state index contributed by atoms with van der Waals surface area (Å²) in [6, 6.07) is 18.5. The minimum Gasteiger partial charge on any atom is -0.439 e. The van der Waals surface area contributed by atoms with Gasteiger partial charge >= 0.3 is 6.18 Å². The molecule has 1 saturated heterocycles. The number of aryl methyl sites for hydroxylation is 2. The normalized spacial score (nSPS) is 14.2. The Hall–Kier alpha value is -4.90. The highest BCUT2D eigenvalue weighted by Gasteiger charge is 2.30. The van der Waals surface area contributed by atoms with Gasteiger partial charge in [0.15, 0.2) is 0 Å². The van der Waals surface area contributed by atoms with E-state index in [0.29, 0.717) is 47.4 Å². The highest BCUT2D eigenvalue weighted by atomic mass is 19.4. The summed E-state index contributed by atoms with van der Waals surface area (Å²) in [6.07, 6.45) is 0.764. The number of alkyl halides is 3. The van der Waals surface area contributed by atoms with E-state index in [-0.39, 0.29) is 5.91 Å². The number of nitrogens with one attached hydrogen (secondary N) is 1. The van der Waals surface area contributed by atoms with E-state index in [1.165, 1.54) is 11.6 Å². The number of hydrogen-bond acceptors (Lipinski definition) is 6. The standard InChI is InChI=1S/C33H31F3N6O2/c1-22-17-25(33(34,35)36)3-6-28(22)39-26-4-8-31(38-20-26)44-27-5-7-29-24(18-27)19-30(40(29)2)32(43)42-15-13-41(14-16-42)21-23-9-11-37-12-10-23/h3-12,17-20,39H,13-16,21H2,1-2H3. The fourth-order valence-electron chi connectivity index (χ4n) is 5.38. The minimum absolute atomic E-state index is 0.00256. The molecule has 0 spiro atoms. The van der Waals surface area contributed by atoms with Crippen LogP contribution in [0.25, 0.3) is 10.9 Å². The summed E-state index contributed by atoms with van der Waals surface area (Å²) in [5.41, 5.74) is 3.69. The Kier molecular flexibility index (Phi) is 7.96. The molecule has 0 aliphatic carbocycles. The minimum atomic E-state index is -4.39. The Morgan fingerprint density at radius 3 is 2.41 bits per heavy atom. The van der Waals surface area contributed by atoms with Crippen LogP contribution < -0.4 is 10.1 Å². The number of amides is 1. The van der Waals surface area contributed by atoms with Crippen molar-refractivity contribution in [3.63, 3.8) is 0 Å². The lowest BCUT2D eigenvalue weighted by atomic mass is 10.1. The molecule has 0 bridgehead atoms. The first-order valence-electron chi connectivity index (χ1n) is 14.2. The second kappa shape index (κ2) is 12.0. The Bertz CT molecular complexity index is 1780. The average molecular weight is 601 g/mol. The molecule has 4 heterocycles. The number of carbonyl (C=O) groups is 1. The van der Waals surface area contributed by atoms with Gasteiger partial charge in [-0.05, 0) is 78.7 Å². The third-order valence-corrected chi connectivity index (χ3v) is 7.84. The topological polar surface area (TPSA) is 75.5 Å². The lowest BCUT2D eigenvalue weighted by Crippen LogP contribution is -2.48. The number of fused-ring (bicyclic) bond motifs is 1. The van der Waals surface area contributed by atoms with Crippen LogP contribution in [0, 0.1) is 6.92 Å². The summed E-state index contributed by atoms with van der Waals surface area (Å²) in [6.45, 7) is 5.40. The number of carbonyl (C=O) groups excluding carboxylic acids is 1. The SMILES string of the molecule is Cc1cc(C(F)(F)F)ccc1Nc1ccc(Oc2ccc3c(c2)cc(C(=O)N2CCN(Cc4ccncc4)CC2)n3C)nc1. The van der Waals surface area contributed by atoms with Crippen LogP contribution in [0.4, 0.5) is 24.5 Å². The summed E-state index contributed by atoms with van der Waals surface area (Å²) < 4.78 is 46.8. The van der Waals surface area contributed by atoms with Crippen LogP contribution in [-0.2, 0) is 19.8 Å². The van der Waals surface area contributed by atoms with E-state index in [1.54, 1.807) is 37.6 Å². The maximum Gasteiger partial charge on any atom is 0.416 e. The molecule has 0 unspecified atom stereocenters. The molecule has 1 N–H and O–H groups in total. The maximum absolute atomic E-state index is 13.5. The molecule has 1 fully saturated rings. The molecule has 0 saturated carbocycles. The van der Waals surface area contributed by atoms with Gasteiger partial charge in [0.2, 0.25) is 5.88 Å². The van der Waals surface area contributed by atoms with Crippen LogP contribution in [-0.4, -0.2) is 56.4 Å². The van der Waals surface area contributed by atoms with Gasteiger partial charge < -0.3 is 19.5 Å². The number of ether oxygens (including phenoxy) is 1.